The van der Waals surface area contributed by atoms with Gasteiger partial charge in [0.25, 0.3) is 5.91 Å². The molecule has 4 aromatic carbocycles. The van der Waals surface area contributed by atoms with Crippen molar-refractivity contribution in [1.82, 2.24) is 0 Å². The summed E-state index contributed by atoms with van der Waals surface area (Å²) in [5, 5.41) is 2.33. The number of hydrogen-bond acceptors (Lipinski definition) is 6. The Balaban J connectivity index is 1.42. The number of ether oxygens (including phenoxy) is 2. The highest BCUT2D eigenvalue weighted by Gasteiger charge is 2.33. The van der Waals surface area contributed by atoms with E-state index in [2.05, 4.69) is 40.2 Å². The standard InChI is InChI=1S/C30H24BrNO3S3/c1-3-34-26-15-19(16-27-29(33)32(30(36)38-27)22-11-7-12-23(17-22)37-2)14-25(31)28(26)35-18-21-10-6-9-20-8-4-5-13-24(20)21/h4-17H,3,18H2,1-2H3/b27-16+. The maximum atomic E-state index is 13.3. The minimum absolute atomic E-state index is 0.136. The summed E-state index contributed by atoms with van der Waals surface area (Å²) >= 11 is 12.2. The van der Waals surface area contributed by atoms with E-state index in [4.69, 9.17) is 21.7 Å². The van der Waals surface area contributed by atoms with Crippen molar-refractivity contribution in [3.8, 4) is 11.5 Å². The van der Waals surface area contributed by atoms with Crippen LogP contribution in [0.15, 0.2) is 93.1 Å². The van der Waals surface area contributed by atoms with Crippen LogP contribution < -0.4 is 14.4 Å². The van der Waals surface area contributed by atoms with Gasteiger partial charge in [0.05, 0.1) is 21.7 Å². The third kappa shape index (κ3) is 5.64. The van der Waals surface area contributed by atoms with Crippen molar-refractivity contribution in [2.24, 2.45) is 0 Å². The molecule has 0 spiro atoms. The molecule has 0 aliphatic carbocycles. The fourth-order valence-electron chi connectivity index (χ4n) is 4.23. The van der Waals surface area contributed by atoms with Crippen LogP contribution in [0.4, 0.5) is 5.69 Å². The van der Waals surface area contributed by atoms with Crippen LogP contribution in [0.5, 0.6) is 11.5 Å². The first-order valence-corrected chi connectivity index (χ1v) is 15.2. The summed E-state index contributed by atoms with van der Waals surface area (Å²) in [6.07, 6.45) is 3.85. The second kappa shape index (κ2) is 11.9. The van der Waals surface area contributed by atoms with Crippen molar-refractivity contribution in [2.45, 2.75) is 18.4 Å². The molecule has 0 bridgehead atoms. The molecule has 0 unspecified atom stereocenters. The van der Waals surface area contributed by atoms with Crippen molar-refractivity contribution in [2.75, 3.05) is 17.8 Å². The van der Waals surface area contributed by atoms with E-state index < -0.39 is 0 Å². The molecule has 4 aromatic rings. The molecule has 38 heavy (non-hydrogen) atoms. The Labute approximate surface area is 244 Å². The lowest BCUT2D eigenvalue weighted by Crippen LogP contribution is -2.27. The molecule has 0 atom stereocenters. The molecular weight excluding hydrogens is 598 g/mol. The molecule has 0 aromatic heterocycles. The molecular formula is C30H24BrNO3S3. The van der Waals surface area contributed by atoms with Crippen LogP contribution in [0, 0.1) is 0 Å². The number of nitrogens with zero attached hydrogens (tertiary/aromatic N) is 1. The molecule has 1 aliphatic rings. The number of hydrogen-bond donors (Lipinski definition) is 0. The molecule has 0 saturated carbocycles. The fourth-order valence-corrected chi connectivity index (χ4v) is 6.56. The first-order valence-electron chi connectivity index (χ1n) is 12.0. The fraction of sp³-hybridized carbons (Fsp3) is 0.133. The Hall–Kier alpha value is -2.78. The number of carbonyl (C=O) groups excluding carboxylic acids is 1. The smallest absolute Gasteiger partial charge is 0.270 e. The highest BCUT2D eigenvalue weighted by Crippen LogP contribution is 2.41. The molecule has 4 nitrogen and oxygen atoms in total. The van der Waals surface area contributed by atoms with Gasteiger partial charge < -0.3 is 9.47 Å². The van der Waals surface area contributed by atoms with Gasteiger partial charge in [0.2, 0.25) is 0 Å². The summed E-state index contributed by atoms with van der Waals surface area (Å²) in [6.45, 7) is 2.81. The van der Waals surface area contributed by atoms with E-state index in [1.54, 1.807) is 16.7 Å². The zero-order valence-corrected chi connectivity index (χ0v) is 24.8. The monoisotopic (exact) mass is 621 g/mol. The van der Waals surface area contributed by atoms with E-state index in [1.165, 1.54) is 17.1 Å². The summed E-state index contributed by atoms with van der Waals surface area (Å²) < 4.78 is 13.5. The van der Waals surface area contributed by atoms with Gasteiger partial charge in [0.15, 0.2) is 15.8 Å². The zero-order chi connectivity index (χ0) is 26.6. The molecule has 1 fully saturated rings. The van der Waals surface area contributed by atoms with Gasteiger partial charge in [-0.15, -0.1) is 11.8 Å². The topological polar surface area (TPSA) is 38.8 Å². The number of thioether (sulfide) groups is 2. The minimum Gasteiger partial charge on any atom is -0.490 e. The maximum Gasteiger partial charge on any atom is 0.270 e. The lowest BCUT2D eigenvalue weighted by molar-refractivity contribution is -0.113. The first kappa shape index (κ1) is 26.8. The number of amides is 1. The van der Waals surface area contributed by atoms with Gasteiger partial charge in [-0.05, 0) is 87.4 Å². The van der Waals surface area contributed by atoms with Crippen LogP contribution in [0.1, 0.15) is 18.1 Å². The number of fused-ring (bicyclic) bond motifs is 1. The summed E-state index contributed by atoms with van der Waals surface area (Å²) in [5.74, 6) is 1.10. The van der Waals surface area contributed by atoms with Gasteiger partial charge in [0, 0.05) is 4.90 Å². The molecule has 1 saturated heterocycles. The molecule has 192 valence electrons. The predicted octanol–water partition coefficient (Wildman–Crippen LogP) is 8.71. The third-order valence-electron chi connectivity index (χ3n) is 5.99. The van der Waals surface area contributed by atoms with Crippen LogP contribution in [0.2, 0.25) is 0 Å². The second-order valence-corrected chi connectivity index (χ2v) is 11.8. The summed E-state index contributed by atoms with van der Waals surface area (Å²) in [4.78, 5) is 16.5. The van der Waals surface area contributed by atoms with Crippen LogP contribution in [0.3, 0.4) is 0 Å². The normalized spacial score (nSPS) is 14.5. The average Bonchev–Trinajstić information content (AvgIpc) is 3.20. The molecule has 0 radical (unpaired) electrons. The van der Waals surface area contributed by atoms with Crippen molar-refractivity contribution >= 4 is 84.4 Å². The molecule has 1 amide bonds. The van der Waals surface area contributed by atoms with E-state index in [0.29, 0.717) is 33.9 Å². The largest absolute Gasteiger partial charge is 0.490 e. The van der Waals surface area contributed by atoms with Gasteiger partial charge in [-0.3, -0.25) is 9.69 Å². The van der Waals surface area contributed by atoms with Gasteiger partial charge in [-0.25, -0.2) is 0 Å². The number of benzene rings is 4. The Kier molecular flexibility index (Phi) is 8.43. The number of halogens is 1. The van der Waals surface area contributed by atoms with E-state index in [1.807, 2.05) is 73.9 Å². The van der Waals surface area contributed by atoms with E-state index in [9.17, 15) is 4.79 Å². The number of rotatable bonds is 8. The number of carbonyl (C=O) groups is 1. The highest BCUT2D eigenvalue weighted by atomic mass is 79.9. The zero-order valence-electron chi connectivity index (χ0n) is 20.8. The third-order valence-corrected chi connectivity index (χ3v) is 8.60. The van der Waals surface area contributed by atoms with E-state index >= 15 is 0 Å². The lowest BCUT2D eigenvalue weighted by Gasteiger charge is -2.16. The molecule has 1 aliphatic heterocycles. The lowest BCUT2D eigenvalue weighted by atomic mass is 10.1. The molecule has 1 heterocycles. The number of anilines is 1. The van der Waals surface area contributed by atoms with Crippen molar-refractivity contribution in [1.29, 1.82) is 0 Å². The summed E-state index contributed by atoms with van der Waals surface area (Å²) in [6, 6.07) is 26.1. The van der Waals surface area contributed by atoms with Crippen LogP contribution >= 0.6 is 51.7 Å². The van der Waals surface area contributed by atoms with Gasteiger partial charge >= 0.3 is 0 Å². The van der Waals surface area contributed by atoms with Gasteiger partial charge in [0.1, 0.15) is 6.61 Å². The first-order chi connectivity index (χ1) is 18.5. The molecule has 0 N–H and O–H groups in total. The highest BCUT2D eigenvalue weighted by molar-refractivity contribution is 9.10. The Morgan fingerprint density at radius 3 is 2.63 bits per heavy atom. The SMILES string of the molecule is CCOc1cc(/C=C2/SC(=S)N(c3cccc(SC)c3)C2=O)cc(Br)c1OCc1cccc2ccccc12. The number of thiocarbonyl (C=S) groups is 1. The predicted molar refractivity (Wildman–Crippen MR) is 167 cm³/mol. The van der Waals surface area contributed by atoms with E-state index in [-0.39, 0.29) is 5.91 Å². The van der Waals surface area contributed by atoms with Crippen LogP contribution in [-0.4, -0.2) is 23.1 Å². The van der Waals surface area contributed by atoms with Crippen molar-refractivity contribution < 1.29 is 14.3 Å². The van der Waals surface area contributed by atoms with Gasteiger partial charge in [-0.1, -0.05) is 72.5 Å². The Morgan fingerprint density at radius 2 is 1.82 bits per heavy atom. The maximum absolute atomic E-state index is 13.3. The summed E-state index contributed by atoms with van der Waals surface area (Å²) in [5.41, 5.74) is 2.68. The van der Waals surface area contributed by atoms with Gasteiger partial charge in [-0.2, -0.15) is 0 Å². The van der Waals surface area contributed by atoms with Crippen molar-refractivity contribution in [3.05, 3.63) is 99.4 Å². The minimum atomic E-state index is -0.136. The molecule has 8 heteroatoms. The molecule has 5 rings (SSSR count). The van der Waals surface area contributed by atoms with Crippen LogP contribution in [0.25, 0.3) is 16.8 Å². The Bertz CT molecular complexity index is 1560. The quantitative estimate of drug-likeness (QED) is 0.111. The van der Waals surface area contributed by atoms with E-state index in [0.717, 1.165) is 31.6 Å². The summed E-state index contributed by atoms with van der Waals surface area (Å²) in [7, 11) is 0. The van der Waals surface area contributed by atoms with Crippen molar-refractivity contribution in [3.63, 3.8) is 0 Å². The second-order valence-electron chi connectivity index (χ2n) is 8.41. The Morgan fingerprint density at radius 1 is 1.03 bits per heavy atom. The van der Waals surface area contributed by atoms with Crippen LogP contribution in [-0.2, 0) is 11.4 Å². The average molecular weight is 623 g/mol.